The Kier molecular flexibility index (Phi) is 8.17. The Balaban J connectivity index is 0.976. The van der Waals surface area contributed by atoms with Gasteiger partial charge < -0.3 is 14.0 Å². The molecule has 3 heteroatoms. The largest absolute Gasteiger partial charge is 0.310 e. The predicted molar refractivity (Wildman–Crippen MR) is 258 cm³/mol. The molecule has 0 unspecified atom stereocenters. The van der Waals surface area contributed by atoms with Gasteiger partial charge in [0.15, 0.2) is 0 Å². The van der Waals surface area contributed by atoms with Gasteiger partial charge in [0, 0.05) is 49.9 Å². The summed E-state index contributed by atoms with van der Waals surface area (Å²) in [6.07, 6.45) is 0. The maximum Gasteiger partial charge on any atom is 0.0561 e. The Bertz CT molecular complexity index is 3560. The predicted octanol–water partition coefficient (Wildman–Crippen LogP) is 15.8. The first-order valence-corrected chi connectivity index (χ1v) is 20.9. The number of para-hydroxylation sites is 4. The van der Waals surface area contributed by atoms with Crippen molar-refractivity contribution in [2.45, 2.75) is 0 Å². The van der Waals surface area contributed by atoms with Crippen molar-refractivity contribution in [1.29, 1.82) is 0 Å². The van der Waals surface area contributed by atoms with Gasteiger partial charge in [-0.2, -0.15) is 0 Å². The molecule has 0 aliphatic rings. The van der Waals surface area contributed by atoms with Crippen LogP contribution in [-0.4, -0.2) is 9.13 Å². The summed E-state index contributed by atoms with van der Waals surface area (Å²) in [6.45, 7) is 0. The standard InChI is InChI=1S/C58H39N3/c1-3-15-42(16-4-1)48-20-9-12-24-53(48)59(47-36-37-51-50-22-10-13-25-54(50)61(57(51)39-47)44-18-5-2-6-19-44)45-32-27-40(28-33-45)41-29-34-46(35-30-41)60-55-26-14-11-23-52(55)58-49-21-8-7-17-43(49)31-38-56(58)60/h1-39H. The van der Waals surface area contributed by atoms with Crippen molar-refractivity contribution >= 4 is 71.4 Å². The zero-order valence-corrected chi connectivity index (χ0v) is 33.4. The van der Waals surface area contributed by atoms with Crippen LogP contribution in [-0.2, 0) is 0 Å². The van der Waals surface area contributed by atoms with Gasteiger partial charge in [-0.15, -0.1) is 0 Å². The Morgan fingerprint density at radius 2 is 0.836 bits per heavy atom. The molecule has 0 fully saturated rings. The number of hydrogen-bond donors (Lipinski definition) is 0. The lowest BCUT2D eigenvalue weighted by atomic mass is 10.0. The molecular weight excluding hydrogens is 739 g/mol. The maximum absolute atomic E-state index is 2.41. The third-order valence-electron chi connectivity index (χ3n) is 12.3. The van der Waals surface area contributed by atoms with Crippen LogP contribution in [0.15, 0.2) is 237 Å². The lowest BCUT2D eigenvalue weighted by molar-refractivity contribution is 1.18. The van der Waals surface area contributed by atoms with Gasteiger partial charge in [-0.3, -0.25) is 0 Å². The number of anilines is 3. The van der Waals surface area contributed by atoms with E-state index in [2.05, 4.69) is 251 Å². The monoisotopic (exact) mass is 777 g/mol. The summed E-state index contributed by atoms with van der Waals surface area (Å²) in [4.78, 5) is 2.41. The third kappa shape index (κ3) is 5.74. The van der Waals surface area contributed by atoms with Crippen molar-refractivity contribution in [2.24, 2.45) is 0 Å². The summed E-state index contributed by atoms with van der Waals surface area (Å²) in [6, 6.07) is 85.8. The third-order valence-corrected chi connectivity index (χ3v) is 12.3. The van der Waals surface area contributed by atoms with E-state index in [-0.39, 0.29) is 0 Å². The van der Waals surface area contributed by atoms with Gasteiger partial charge in [-0.05, 0) is 100 Å². The Morgan fingerprint density at radius 1 is 0.295 bits per heavy atom. The van der Waals surface area contributed by atoms with Crippen LogP contribution < -0.4 is 4.90 Å². The van der Waals surface area contributed by atoms with Crippen LogP contribution in [0.2, 0.25) is 0 Å². The van der Waals surface area contributed by atoms with Crippen LogP contribution in [0, 0.1) is 0 Å². The molecule has 0 amide bonds. The van der Waals surface area contributed by atoms with E-state index >= 15 is 0 Å². The summed E-state index contributed by atoms with van der Waals surface area (Å²) in [7, 11) is 0. The molecule has 2 heterocycles. The van der Waals surface area contributed by atoms with Crippen molar-refractivity contribution in [2.75, 3.05) is 4.90 Å². The van der Waals surface area contributed by atoms with Gasteiger partial charge in [0.05, 0.1) is 27.8 Å². The maximum atomic E-state index is 2.41. The second-order valence-corrected chi connectivity index (χ2v) is 15.7. The first-order chi connectivity index (χ1) is 30.3. The molecular formula is C58H39N3. The topological polar surface area (TPSA) is 13.1 Å². The number of aromatic nitrogens is 2. The molecule has 3 nitrogen and oxygen atoms in total. The Labute approximate surface area is 354 Å². The smallest absolute Gasteiger partial charge is 0.0561 e. The van der Waals surface area contributed by atoms with Gasteiger partial charge in [-0.1, -0.05) is 164 Å². The first kappa shape index (κ1) is 34.9. The zero-order valence-electron chi connectivity index (χ0n) is 33.4. The molecule has 0 saturated heterocycles. The van der Waals surface area contributed by atoms with Gasteiger partial charge in [0.2, 0.25) is 0 Å². The number of fused-ring (bicyclic) bond motifs is 8. The minimum atomic E-state index is 1.09. The highest BCUT2D eigenvalue weighted by Crippen LogP contribution is 2.44. The minimum Gasteiger partial charge on any atom is -0.310 e. The second-order valence-electron chi connectivity index (χ2n) is 15.7. The number of nitrogens with zero attached hydrogens (tertiary/aromatic N) is 3. The summed E-state index contributed by atoms with van der Waals surface area (Å²) < 4.78 is 4.80. The van der Waals surface area contributed by atoms with Crippen LogP contribution in [0.3, 0.4) is 0 Å². The average Bonchev–Trinajstić information content (AvgIpc) is 3.86. The van der Waals surface area contributed by atoms with E-state index in [9.17, 15) is 0 Å². The molecule has 0 spiro atoms. The summed E-state index contributed by atoms with van der Waals surface area (Å²) in [5, 5.41) is 7.58. The lowest BCUT2D eigenvalue weighted by Crippen LogP contribution is -2.11. The van der Waals surface area contributed by atoms with Crippen molar-refractivity contribution < 1.29 is 0 Å². The fourth-order valence-electron chi connectivity index (χ4n) is 9.53. The van der Waals surface area contributed by atoms with Crippen molar-refractivity contribution in [1.82, 2.24) is 9.13 Å². The fourth-order valence-corrected chi connectivity index (χ4v) is 9.53. The molecule has 12 rings (SSSR count). The molecule has 0 N–H and O–H groups in total. The van der Waals surface area contributed by atoms with Gasteiger partial charge in [0.25, 0.3) is 0 Å². The second kappa shape index (κ2) is 14.3. The van der Waals surface area contributed by atoms with E-state index in [1.165, 1.54) is 76.6 Å². The highest BCUT2D eigenvalue weighted by molar-refractivity contribution is 6.21. The van der Waals surface area contributed by atoms with E-state index < -0.39 is 0 Å². The molecule has 0 radical (unpaired) electrons. The molecule has 0 saturated carbocycles. The van der Waals surface area contributed by atoms with Crippen LogP contribution >= 0.6 is 0 Å². The molecule has 2 aromatic heterocycles. The molecule has 10 aromatic carbocycles. The number of hydrogen-bond acceptors (Lipinski definition) is 1. The molecule has 0 bridgehead atoms. The molecule has 12 aromatic rings. The van der Waals surface area contributed by atoms with E-state index in [0.717, 1.165) is 28.4 Å². The van der Waals surface area contributed by atoms with Crippen molar-refractivity contribution in [3.05, 3.63) is 237 Å². The number of rotatable bonds is 7. The van der Waals surface area contributed by atoms with Gasteiger partial charge in [0.1, 0.15) is 0 Å². The molecule has 0 atom stereocenters. The first-order valence-electron chi connectivity index (χ1n) is 20.9. The molecule has 0 aliphatic carbocycles. The average molecular weight is 778 g/mol. The van der Waals surface area contributed by atoms with E-state index in [1.54, 1.807) is 0 Å². The van der Waals surface area contributed by atoms with Gasteiger partial charge in [-0.25, -0.2) is 0 Å². The Morgan fingerprint density at radius 3 is 1.61 bits per heavy atom. The fraction of sp³-hybridized carbons (Fsp3) is 0. The summed E-state index contributed by atoms with van der Waals surface area (Å²) >= 11 is 0. The van der Waals surface area contributed by atoms with Crippen molar-refractivity contribution in [3.8, 4) is 33.6 Å². The quantitative estimate of drug-likeness (QED) is 0.157. The van der Waals surface area contributed by atoms with Crippen LogP contribution in [0.5, 0.6) is 0 Å². The van der Waals surface area contributed by atoms with E-state index in [4.69, 9.17) is 0 Å². The lowest BCUT2D eigenvalue weighted by Gasteiger charge is -2.28. The van der Waals surface area contributed by atoms with Crippen LogP contribution in [0.25, 0.3) is 88.0 Å². The summed E-state index contributed by atoms with van der Waals surface area (Å²) in [5.41, 5.74) is 15.1. The minimum absolute atomic E-state index is 1.09. The zero-order chi connectivity index (χ0) is 40.3. The van der Waals surface area contributed by atoms with Crippen molar-refractivity contribution in [3.63, 3.8) is 0 Å². The van der Waals surface area contributed by atoms with Crippen LogP contribution in [0.4, 0.5) is 17.1 Å². The summed E-state index contributed by atoms with van der Waals surface area (Å²) in [5.74, 6) is 0. The van der Waals surface area contributed by atoms with E-state index in [1.807, 2.05) is 0 Å². The number of benzene rings is 10. The van der Waals surface area contributed by atoms with Crippen LogP contribution in [0.1, 0.15) is 0 Å². The SMILES string of the molecule is c1ccc(-c2ccccc2N(c2ccc(-c3ccc(-n4c5ccccc5c5c6ccccc6ccc54)cc3)cc2)c2ccc3c4ccccc4n(-c4ccccc4)c3c2)cc1. The highest BCUT2D eigenvalue weighted by Gasteiger charge is 2.21. The van der Waals surface area contributed by atoms with Gasteiger partial charge >= 0.3 is 0 Å². The Hall–Kier alpha value is -8.14. The molecule has 286 valence electrons. The molecule has 0 aliphatic heterocycles. The molecule has 61 heavy (non-hydrogen) atoms. The normalized spacial score (nSPS) is 11.6. The van der Waals surface area contributed by atoms with E-state index in [0.29, 0.717) is 0 Å². The highest BCUT2D eigenvalue weighted by atomic mass is 15.1.